The summed E-state index contributed by atoms with van der Waals surface area (Å²) in [6, 6.07) is 20.7. The molecule has 2 aromatic carbocycles. The summed E-state index contributed by atoms with van der Waals surface area (Å²) in [7, 11) is 1.31. The molecule has 2 heteroatoms. The van der Waals surface area contributed by atoms with Crippen LogP contribution in [-0.4, -0.2) is 9.52 Å². The predicted octanol–water partition coefficient (Wildman–Crippen LogP) is 8.92. The van der Waals surface area contributed by atoms with Gasteiger partial charge in [-0.2, -0.15) is 12.8 Å². The van der Waals surface area contributed by atoms with Gasteiger partial charge in [-0.1, -0.05) is 123 Å². The molecular weight excluding hydrogens is 480 g/mol. The molecule has 2 unspecified atom stereocenters. The largest absolute Gasteiger partial charge is 2.00 e. The fraction of sp³-hybridized carbons (Fsp3) is 0.400. The summed E-state index contributed by atoms with van der Waals surface area (Å²) in [5.74, 6) is 2.58. The Kier molecular flexibility index (Phi) is 12.8. The maximum Gasteiger partial charge on any atom is 2.00 e. The average molecular weight is 518 g/mol. The van der Waals surface area contributed by atoms with Crippen LogP contribution in [0.2, 0.25) is 12.1 Å². The first-order valence-corrected chi connectivity index (χ1v) is 13.6. The van der Waals surface area contributed by atoms with E-state index in [1.807, 2.05) is 0 Å². The first-order valence-electron chi connectivity index (χ1n) is 12.2. The molecule has 3 aliphatic rings. The maximum atomic E-state index is 3.60. The van der Waals surface area contributed by atoms with Crippen molar-refractivity contribution in [1.29, 1.82) is 0 Å². The van der Waals surface area contributed by atoms with Gasteiger partial charge in [-0.25, -0.2) is 0 Å². The molecule has 0 bridgehead atoms. The molecule has 0 nitrogen and oxygen atoms in total. The van der Waals surface area contributed by atoms with E-state index >= 15 is 0 Å². The Labute approximate surface area is 218 Å². The summed E-state index contributed by atoms with van der Waals surface area (Å²) in [4.78, 5) is 0. The second kappa shape index (κ2) is 15.0. The molecule has 1 fully saturated rings. The van der Waals surface area contributed by atoms with Gasteiger partial charge in [0.25, 0.3) is 0 Å². The predicted molar refractivity (Wildman–Crippen MR) is 139 cm³/mol. The number of allylic oxidation sites excluding steroid dienone is 2. The van der Waals surface area contributed by atoms with Crippen LogP contribution in [0.25, 0.3) is 12.2 Å². The Bertz CT molecular complexity index is 778. The van der Waals surface area contributed by atoms with E-state index < -0.39 is 0 Å². The van der Waals surface area contributed by atoms with Gasteiger partial charge in [0, 0.05) is 9.52 Å². The summed E-state index contributed by atoms with van der Waals surface area (Å²) in [5.41, 5.74) is 5.72. The van der Waals surface area contributed by atoms with E-state index in [2.05, 4.69) is 93.6 Å². The summed E-state index contributed by atoms with van der Waals surface area (Å²) in [6.07, 6.45) is 17.1. The molecule has 0 N–H and O–H groups in total. The van der Waals surface area contributed by atoms with E-state index in [4.69, 9.17) is 0 Å². The van der Waals surface area contributed by atoms with Crippen LogP contribution in [-0.2, 0) is 26.2 Å². The minimum atomic E-state index is 0. The summed E-state index contributed by atoms with van der Waals surface area (Å²) in [6.45, 7) is 8.01. The Morgan fingerprint density at radius 2 is 1.28 bits per heavy atom. The quantitative estimate of drug-likeness (QED) is 0.274. The molecule has 1 heterocycles. The zero-order chi connectivity index (χ0) is 21.9. The first-order chi connectivity index (χ1) is 15.3. The third kappa shape index (κ3) is 7.26. The Balaban J connectivity index is 0.000000307. The molecule has 2 aliphatic carbocycles. The van der Waals surface area contributed by atoms with Crippen molar-refractivity contribution in [3.63, 3.8) is 0 Å². The second-order valence-corrected chi connectivity index (χ2v) is 10.1. The standard InChI is InChI=1S/C22H21.C4H8Si.C4H9.Zr/c1-2-7-20(21-14-12-16-8-3-5-10-18(16)21)22-15-13-17-9-4-6-11-19(17)22;1-2-4-5-3-1;1-3-4-2;/h3-6,8-15,21-22H,2,7H2,1H3;1-4H2;1,3-4H2,2H3;/q-1;;-1;+2. The molecule has 2 atom stereocenters. The smallest absolute Gasteiger partial charge is 0.343 e. The van der Waals surface area contributed by atoms with Gasteiger partial charge >= 0.3 is 26.2 Å². The molecule has 0 aromatic heterocycles. The van der Waals surface area contributed by atoms with Crippen LogP contribution in [0.3, 0.4) is 0 Å². The van der Waals surface area contributed by atoms with Crippen LogP contribution in [0.1, 0.15) is 86.5 Å². The average Bonchev–Trinajstić information content (AvgIpc) is 3.59. The third-order valence-corrected chi connectivity index (χ3v) is 7.66. The van der Waals surface area contributed by atoms with Crippen molar-refractivity contribution >= 4 is 21.7 Å². The number of hydrogen-bond donors (Lipinski definition) is 0. The molecule has 2 aromatic rings. The van der Waals surface area contributed by atoms with Crippen LogP contribution in [0, 0.1) is 12.8 Å². The van der Waals surface area contributed by atoms with Crippen molar-refractivity contribution in [1.82, 2.24) is 0 Å². The number of rotatable bonds is 5. The second-order valence-electron chi connectivity index (χ2n) is 8.57. The maximum absolute atomic E-state index is 3.60. The van der Waals surface area contributed by atoms with Gasteiger partial charge in [0.1, 0.15) is 0 Å². The number of hydrogen-bond acceptors (Lipinski definition) is 0. The molecule has 0 saturated carbocycles. The molecule has 1 aliphatic heterocycles. The van der Waals surface area contributed by atoms with Gasteiger partial charge in [-0.15, -0.1) is 24.0 Å². The molecule has 32 heavy (non-hydrogen) atoms. The summed E-state index contributed by atoms with van der Waals surface area (Å²) in [5, 5.41) is 0. The van der Waals surface area contributed by atoms with Crippen molar-refractivity contribution in [3.05, 3.63) is 95.8 Å². The Morgan fingerprint density at radius 3 is 1.66 bits per heavy atom. The molecule has 2 radical (unpaired) electrons. The van der Waals surface area contributed by atoms with E-state index in [9.17, 15) is 0 Å². The fourth-order valence-corrected chi connectivity index (χ4v) is 5.81. The monoisotopic (exact) mass is 516 g/mol. The van der Waals surface area contributed by atoms with E-state index in [1.54, 1.807) is 5.92 Å². The zero-order valence-electron chi connectivity index (χ0n) is 19.9. The van der Waals surface area contributed by atoms with E-state index in [-0.39, 0.29) is 26.2 Å². The summed E-state index contributed by atoms with van der Waals surface area (Å²) < 4.78 is 0. The molecule has 166 valence electrons. The number of unbranched alkanes of at least 4 members (excludes halogenated alkanes) is 1. The van der Waals surface area contributed by atoms with Crippen molar-refractivity contribution in [2.24, 2.45) is 0 Å². The topological polar surface area (TPSA) is 0 Å². The number of fused-ring (bicyclic) bond motifs is 2. The van der Waals surface area contributed by atoms with Crippen molar-refractivity contribution in [2.45, 2.75) is 76.3 Å². The minimum absolute atomic E-state index is 0. The van der Waals surface area contributed by atoms with Gasteiger partial charge in [0.2, 0.25) is 0 Å². The molecule has 0 spiro atoms. The van der Waals surface area contributed by atoms with Gasteiger partial charge < -0.3 is 6.92 Å². The van der Waals surface area contributed by atoms with E-state index in [0.717, 1.165) is 6.42 Å². The van der Waals surface area contributed by atoms with E-state index in [1.165, 1.54) is 76.0 Å². The van der Waals surface area contributed by atoms with Crippen LogP contribution in [0.15, 0.2) is 60.7 Å². The van der Waals surface area contributed by atoms with Gasteiger partial charge in [0.05, 0.1) is 0 Å². The van der Waals surface area contributed by atoms with Crippen molar-refractivity contribution in [2.75, 3.05) is 0 Å². The van der Waals surface area contributed by atoms with E-state index in [0.29, 0.717) is 11.8 Å². The summed E-state index contributed by atoms with van der Waals surface area (Å²) >= 11 is 0. The zero-order valence-corrected chi connectivity index (χ0v) is 23.4. The Hall–Kier alpha value is -0.980. The molecule has 1 saturated heterocycles. The van der Waals surface area contributed by atoms with Crippen LogP contribution in [0.4, 0.5) is 0 Å². The van der Waals surface area contributed by atoms with Gasteiger partial charge in [-0.3, -0.25) is 5.92 Å². The SMILES string of the molecule is C1CC[Si]C1.CCC[C-](C1C=Cc2ccccc21)C1C=Cc2ccccc21.[CH2-]CCC.[Zr+2]. The molecule has 5 rings (SSSR count). The normalized spacial score (nSPS) is 19.4. The number of benzene rings is 2. The van der Waals surface area contributed by atoms with Crippen molar-refractivity contribution < 1.29 is 26.2 Å². The first kappa shape index (κ1) is 27.3. The minimum Gasteiger partial charge on any atom is -0.343 e. The molecule has 0 amide bonds. The van der Waals surface area contributed by atoms with Crippen LogP contribution in [0.5, 0.6) is 0 Å². The molecular formula is C30H38SiZr. The van der Waals surface area contributed by atoms with Gasteiger partial charge in [-0.05, 0) is 11.1 Å². The van der Waals surface area contributed by atoms with Crippen LogP contribution < -0.4 is 0 Å². The Morgan fingerprint density at radius 1 is 0.812 bits per heavy atom. The third-order valence-electron chi connectivity index (χ3n) is 6.25. The van der Waals surface area contributed by atoms with Gasteiger partial charge in [0.15, 0.2) is 0 Å². The van der Waals surface area contributed by atoms with Crippen LogP contribution >= 0.6 is 0 Å². The van der Waals surface area contributed by atoms with Crippen molar-refractivity contribution in [3.8, 4) is 0 Å². The fourth-order valence-electron chi connectivity index (χ4n) is 4.56.